The summed E-state index contributed by atoms with van der Waals surface area (Å²) in [7, 11) is 0. The zero-order chi connectivity index (χ0) is 10.8. The molecule has 0 spiro atoms. The number of carbonyl (C=O) groups excluding carboxylic acids is 1. The molecule has 0 saturated carbocycles. The molecule has 4 heteroatoms. The van der Waals surface area contributed by atoms with E-state index in [1.807, 2.05) is 6.92 Å². The van der Waals surface area contributed by atoms with Crippen molar-refractivity contribution in [2.45, 2.75) is 50.7 Å². The number of nitrogens with zero attached hydrogens (tertiary/aromatic N) is 1. The molecule has 2 aliphatic heterocycles. The lowest BCUT2D eigenvalue weighted by atomic mass is 10.0. The third-order valence-electron chi connectivity index (χ3n) is 3.81. The molecular weight excluding hydrogens is 190 g/mol. The maximum absolute atomic E-state index is 11.2. The van der Waals surface area contributed by atoms with Crippen LogP contribution in [-0.2, 0) is 4.79 Å². The Morgan fingerprint density at radius 2 is 2.27 bits per heavy atom. The minimum atomic E-state index is -0.195. The second-order valence-electron chi connectivity index (χ2n) is 4.73. The van der Waals surface area contributed by atoms with Crippen molar-refractivity contribution in [3.63, 3.8) is 0 Å². The first-order chi connectivity index (χ1) is 7.20. The van der Waals surface area contributed by atoms with Gasteiger partial charge >= 0.3 is 0 Å². The number of nitrogens with two attached hydrogens (primary N) is 1. The summed E-state index contributed by atoms with van der Waals surface area (Å²) in [6, 6.07) is 0.990. The van der Waals surface area contributed by atoms with E-state index in [2.05, 4.69) is 10.2 Å². The van der Waals surface area contributed by atoms with Gasteiger partial charge in [0.25, 0.3) is 0 Å². The second kappa shape index (κ2) is 4.49. The number of rotatable bonds is 3. The predicted octanol–water partition coefficient (Wildman–Crippen LogP) is 0.0766. The van der Waals surface area contributed by atoms with Crippen LogP contribution < -0.4 is 11.1 Å². The van der Waals surface area contributed by atoms with Gasteiger partial charge in [-0.1, -0.05) is 0 Å². The number of likely N-dealkylation sites (tertiary alicyclic amines) is 1. The predicted molar refractivity (Wildman–Crippen MR) is 59.4 cm³/mol. The molecule has 2 fully saturated rings. The van der Waals surface area contributed by atoms with Crippen molar-refractivity contribution in [2.75, 3.05) is 13.1 Å². The van der Waals surface area contributed by atoms with Gasteiger partial charge in [-0.15, -0.1) is 0 Å². The van der Waals surface area contributed by atoms with Crippen LogP contribution in [0.5, 0.6) is 0 Å². The van der Waals surface area contributed by atoms with Gasteiger partial charge < -0.3 is 11.1 Å². The highest BCUT2D eigenvalue weighted by Crippen LogP contribution is 2.26. The number of carbonyl (C=O) groups is 1. The molecule has 0 aromatic heterocycles. The Balaban J connectivity index is 2.00. The van der Waals surface area contributed by atoms with Crippen molar-refractivity contribution < 1.29 is 4.79 Å². The highest BCUT2D eigenvalue weighted by atomic mass is 16.1. The van der Waals surface area contributed by atoms with E-state index in [1.165, 1.54) is 25.7 Å². The summed E-state index contributed by atoms with van der Waals surface area (Å²) in [6.45, 7) is 4.07. The van der Waals surface area contributed by atoms with Crippen LogP contribution >= 0.6 is 0 Å². The lowest BCUT2D eigenvalue weighted by Crippen LogP contribution is -2.51. The van der Waals surface area contributed by atoms with Crippen molar-refractivity contribution in [3.8, 4) is 0 Å². The first-order valence-electron chi connectivity index (χ1n) is 5.98. The number of nitrogens with one attached hydrogen (secondary N) is 1. The Labute approximate surface area is 91.2 Å². The van der Waals surface area contributed by atoms with Crippen molar-refractivity contribution in [2.24, 2.45) is 5.73 Å². The van der Waals surface area contributed by atoms with Gasteiger partial charge in [0.1, 0.15) is 0 Å². The van der Waals surface area contributed by atoms with Gasteiger partial charge in [-0.25, -0.2) is 0 Å². The van der Waals surface area contributed by atoms with Gasteiger partial charge in [-0.3, -0.25) is 9.69 Å². The fraction of sp³-hybridized carbons (Fsp3) is 0.909. The number of hydrogen-bond donors (Lipinski definition) is 2. The fourth-order valence-electron chi connectivity index (χ4n) is 2.93. The number of hydrogen-bond acceptors (Lipinski definition) is 3. The zero-order valence-corrected chi connectivity index (χ0v) is 9.41. The van der Waals surface area contributed by atoms with Gasteiger partial charge in [0, 0.05) is 12.1 Å². The quantitative estimate of drug-likeness (QED) is 0.695. The molecule has 4 nitrogen and oxygen atoms in total. The Morgan fingerprint density at radius 3 is 2.87 bits per heavy atom. The molecule has 0 aromatic rings. The van der Waals surface area contributed by atoms with E-state index in [-0.39, 0.29) is 11.9 Å². The van der Waals surface area contributed by atoms with E-state index in [1.54, 1.807) is 0 Å². The molecule has 0 aromatic carbocycles. The summed E-state index contributed by atoms with van der Waals surface area (Å²) in [5.41, 5.74) is 5.38. The normalized spacial score (nSPS) is 34.5. The van der Waals surface area contributed by atoms with Crippen molar-refractivity contribution >= 4 is 5.91 Å². The van der Waals surface area contributed by atoms with E-state index in [9.17, 15) is 4.79 Å². The molecule has 2 saturated heterocycles. The molecule has 1 amide bonds. The summed E-state index contributed by atoms with van der Waals surface area (Å²) in [4.78, 5) is 13.5. The van der Waals surface area contributed by atoms with E-state index in [0.29, 0.717) is 12.1 Å². The molecule has 15 heavy (non-hydrogen) atoms. The van der Waals surface area contributed by atoms with Crippen LogP contribution in [0.15, 0.2) is 0 Å². The molecule has 2 heterocycles. The summed E-state index contributed by atoms with van der Waals surface area (Å²) in [6.07, 6.45) is 4.91. The maximum atomic E-state index is 11.2. The van der Waals surface area contributed by atoms with E-state index < -0.39 is 0 Å². The largest absolute Gasteiger partial charge is 0.368 e. The highest BCUT2D eigenvalue weighted by Gasteiger charge is 2.36. The Bertz CT molecular complexity index is 238. The van der Waals surface area contributed by atoms with Crippen LogP contribution in [0.4, 0.5) is 0 Å². The van der Waals surface area contributed by atoms with E-state index >= 15 is 0 Å². The third kappa shape index (κ3) is 2.16. The molecule has 0 radical (unpaired) electrons. The average Bonchev–Trinajstić information content (AvgIpc) is 2.86. The average molecular weight is 211 g/mol. The molecule has 3 N–H and O–H groups in total. The van der Waals surface area contributed by atoms with Crippen molar-refractivity contribution in [3.05, 3.63) is 0 Å². The van der Waals surface area contributed by atoms with Crippen LogP contribution in [0.25, 0.3) is 0 Å². The Kier molecular flexibility index (Phi) is 3.26. The van der Waals surface area contributed by atoms with E-state index in [4.69, 9.17) is 5.73 Å². The number of primary amides is 1. The summed E-state index contributed by atoms with van der Waals surface area (Å²) < 4.78 is 0. The molecule has 3 unspecified atom stereocenters. The number of amides is 1. The van der Waals surface area contributed by atoms with E-state index in [0.717, 1.165) is 13.1 Å². The Hall–Kier alpha value is -0.610. The first kappa shape index (κ1) is 10.9. The molecule has 3 atom stereocenters. The SMILES string of the molecule is CC(C(N)=O)N1CCCC1C1CCCN1. The van der Waals surface area contributed by atoms with Gasteiger partial charge in [-0.2, -0.15) is 0 Å². The maximum Gasteiger partial charge on any atom is 0.234 e. The molecule has 0 aliphatic carbocycles. The van der Waals surface area contributed by atoms with Gasteiger partial charge in [0.2, 0.25) is 5.91 Å². The standard InChI is InChI=1S/C11H21N3O/c1-8(11(12)15)14-7-3-5-10(14)9-4-2-6-13-9/h8-10,13H,2-7H2,1H3,(H2,12,15). The zero-order valence-electron chi connectivity index (χ0n) is 9.41. The minimum absolute atomic E-state index is 0.111. The monoisotopic (exact) mass is 211 g/mol. The van der Waals surface area contributed by atoms with Gasteiger partial charge in [-0.05, 0) is 45.7 Å². The van der Waals surface area contributed by atoms with Crippen LogP contribution in [0.2, 0.25) is 0 Å². The van der Waals surface area contributed by atoms with Gasteiger partial charge in [0.05, 0.1) is 6.04 Å². The molecular formula is C11H21N3O. The lowest BCUT2D eigenvalue weighted by molar-refractivity contribution is -0.123. The topological polar surface area (TPSA) is 58.4 Å². The molecule has 0 bridgehead atoms. The Morgan fingerprint density at radius 1 is 1.47 bits per heavy atom. The van der Waals surface area contributed by atoms with Gasteiger partial charge in [0.15, 0.2) is 0 Å². The molecule has 2 aliphatic rings. The van der Waals surface area contributed by atoms with Crippen LogP contribution in [0.1, 0.15) is 32.6 Å². The first-order valence-corrected chi connectivity index (χ1v) is 5.98. The smallest absolute Gasteiger partial charge is 0.234 e. The van der Waals surface area contributed by atoms with Crippen LogP contribution in [0, 0.1) is 0 Å². The van der Waals surface area contributed by atoms with Crippen molar-refractivity contribution in [1.29, 1.82) is 0 Å². The fourth-order valence-corrected chi connectivity index (χ4v) is 2.93. The summed E-state index contributed by atoms with van der Waals surface area (Å²) in [5.74, 6) is -0.195. The lowest BCUT2D eigenvalue weighted by Gasteiger charge is -2.32. The van der Waals surface area contributed by atoms with Crippen molar-refractivity contribution in [1.82, 2.24) is 10.2 Å². The summed E-state index contributed by atoms with van der Waals surface area (Å²) >= 11 is 0. The summed E-state index contributed by atoms with van der Waals surface area (Å²) in [5, 5.41) is 3.53. The second-order valence-corrected chi connectivity index (χ2v) is 4.73. The molecule has 2 rings (SSSR count). The third-order valence-corrected chi connectivity index (χ3v) is 3.81. The minimum Gasteiger partial charge on any atom is -0.368 e. The van der Waals surface area contributed by atoms with Crippen LogP contribution in [-0.4, -0.2) is 42.0 Å². The van der Waals surface area contributed by atoms with Crippen LogP contribution in [0.3, 0.4) is 0 Å². The molecule has 86 valence electrons. The highest BCUT2D eigenvalue weighted by molar-refractivity contribution is 5.79.